The van der Waals surface area contributed by atoms with Crippen molar-refractivity contribution in [3.8, 4) is 0 Å². The van der Waals surface area contributed by atoms with E-state index in [1.54, 1.807) is 6.26 Å². The summed E-state index contributed by atoms with van der Waals surface area (Å²) in [5, 5.41) is 1.15. The van der Waals surface area contributed by atoms with Crippen LogP contribution in [0.1, 0.15) is 5.56 Å². The Labute approximate surface area is 87.0 Å². The van der Waals surface area contributed by atoms with Gasteiger partial charge < -0.3 is 4.42 Å². The van der Waals surface area contributed by atoms with Crippen molar-refractivity contribution in [2.24, 2.45) is 0 Å². The Morgan fingerprint density at radius 2 is 2.00 bits per heavy atom. The molecule has 1 aromatic heterocycles. The van der Waals surface area contributed by atoms with Crippen molar-refractivity contribution in [2.45, 2.75) is 6.92 Å². The van der Waals surface area contributed by atoms with Gasteiger partial charge in [0.15, 0.2) is 0 Å². The number of halogens is 2. The van der Waals surface area contributed by atoms with Crippen LogP contribution in [0.25, 0.3) is 11.0 Å². The number of hydrogen-bond acceptors (Lipinski definition) is 1. The van der Waals surface area contributed by atoms with Crippen LogP contribution in [-0.4, -0.2) is 0 Å². The van der Waals surface area contributed by atoms with Crippen LogP contribution in [0.4, 0.5) is 0 Å². The van der Waals surface area contributed by atoms with Crippen LogP contribution in [0.15, 0.2) is 31.8 Å². The van der Waals surface area contributed by atoms with E-state index in [4.69, 9.17) is 4.42 Å². The molecule has 2 rings (SSSR count). The zero-order valence-corrected chi connectivity index (χ0v) is 9.57. The van der Waals surface area contributed by atoms with Crippen LogP contribution in [0.5, 0.6) is 0 Å². The van der Waals surface area contributed by atoms with E-state index in [9.17, 15) is 0 Å². The SMILES string of the molecule is Cc1coc2c(Br)cc(Br)cc12. The topological polar surface area (TPSA) is 13.1 Å². The lowest BCUT2D eigenvalue weighted by atomic mass is 10.2. The van der Waals surface area contributed by atoms with Crippen molar-refractivity contribution in [2.75, 3.05) is 0 Å². The summed E-state index contributed by atoms with van der Waals surface area (Å²) < 4.78 is 7.41. The summed E-state index contributed by atoms with van der Waals surface area (Å²) in [6.45, 7) is 2.03. The van der Waals surface area contributed by atoms with Crippen molar-refractivity contribution in [1.29, 1.82) is 0 Å². The van der Waals surface area contributed by atoms with Gasteiger partial charge in [-0.2, -0.15) is 0 Å². The lowest BCUT2D eigenvalue weighted by Gasteiger charge is -1.94. The first-order valence-corrected chi connectivity index (χ1v) is 5.10. The monoisotopic (exact) mass is 288 g/mol. The highest BCUT2D eigenvalue weighted by Gasteiger charge is 2.06. The van der Waals surface area contributed by atoms with E-state index >= 15 is 0 Å². The van der Waals surface area contributed by atoms with E-state index in [1.807, 2.05) is 13.0 Å². The Morgan fingerprint density at radius 1 is 1.25 bits per heavy atom. The second kappa shape index (κ2) is 2.89. The molecule has 0 fully saturated rings. The van der Waals surface area contributed by atoms with Gasteiger partial charge in [0.25, 0.3) is 0 Å². The molecule has 3 heteroatoms. The third-order valence-electron chi connectivity index (χ3n) is 1.79. The third-order valence-corrected chi connectivity index (χ3v) is 2.83. The fraction of sp³-hybridized carbons (Fsp3) is 0.111. The predicted molar refractivity (Wildman–Crippen MR) is 56.4 cm³/mol. The van der Waals surface area contributed by atoms with E-state index < -0.39 is 0 Å². The fourth-order valence-electron chi connectivity index (χ4n) is 1.18. The molecule has 0 unspecified atom stereocenters. The Bertz CT molecular complexity index is 431. The molecule has 0 saturated carbocycles. The summed E-state index contributed by atoms with van der Waals surface area (Å²) in [6, 6.07) is 4.03. The van der Waals surface area contributed by atoms with Crippen molar-refractivity contribution in [1.82, 2.24) is 0 Å². The lowest BCUT2D eigenvalue weighted by molar-refractivity contribution is 0.611. The van der Waals surface area contributed by atoms with Crippen LogP contribution in [0.2, 0.25) is 0 Å². The first-order valence-electron chi connectivity index (χ1n) is 3.51. The third kappa shape index (κ3) is 1.21. The molecule has 62 valence electrons. The minimum Gasteiger partial charge on any atom is -0.463 e. The summed E-state index contributed by atoms with van der Waals surface area (Å²) in [7, 11) is 0. The molecule has 0 bridgehead atoms. The Hall–Kier alpha value is -0.280. The van der Waals surface area contributed by atoms with Crippen molar-refractivity contribution in [3.63, 3.8) is 0 Å². The molecule has 0 aliphatic heterocycles. The highest BCUT2D eigenvalue weighted by atomic mass is 79.9. The van der Waals surface area contributed by atoms with Crippen LogP contribution in [0, 0.1) is 6.92 Å². The minimum absolute atomic E-state index is 0.913. The smallest absolute Gasteiger partial charge is 0.148 e. The summed E-state index contributed by atoms with van der Waals surface area (Å²) >= 11 is 6.87. The van der Waals surface area contributed by atoms with Gasteiger partial charge in [-0.15, -0.1) is 0 Å². The first kappa shape index (κ1) is 8.32. The number of aryl methyl sites for hydroxylation is 1. The van der Waals surface area contributed by atoms with E-state index in [0.717, 1.165) is 25.5 Å². The van der Waals surface area contributed by atoms with Gasteiger partial charge in [0.2, 0.25) is 0 Å². The molecule has 0 N–H and O–H groups in total. The van der Waals surface area contributed by atoms with E-state index in [2.05, 4.69) is 37.9 Å². The second-order valence-electron chi connectivity index (χ2n) is 2.68. The van der Waals surface area contributed by atoms with Gasteiger partial charge in [-0.05, 0) is 40.5 Å². The molecule has 0 aliphatic carbocycles. The van der Waals surface area contributed by atoms with Gasteiger partial charge in [0, 0.05) is 9.86 Å². The molecule has 0 saturated heterocycles. The Kier molecular flexibility index (Phi) is 2.00. The van der Waals surface area contributed by atoms with E-state index in [1.165, 1.54) is 0 Å². The maximum Gasteiger partial charge on any atom is 0.148 e. The molecular formula is C9H6Br2O. The predicted octanol–water partition coefficient (Wildman–Crippen LogP) is 4.27. The van der Waals surface area contributed by atoms with Crippen LogP contribution in [0.3, 0.4) is 0 Å². The van der Waals surface area contributed by atoms with Gasteiger partial charge in [0.1, 0.15) is 5.58 Å². The standard InChI is InChI=1S/C9H6Br2O/c1-5-4-12-9-7(5)2-6(10)3-8(9)11/h2-4H,1H3. The summed E-state index contributed by atoms with van der Waals surface area (Å²) in [4.78, 5) is 0. The molecule has 1 heterocycles. The molecule has 1 nitrogen and oxygen atoms in total. The molecule has 2 aromatic rings. The zero-order valence-electron chi connectivity index (χ0n) is 6.40. The van der Waals surface area contributed by atoms with Crippen molar-refractivity contribution >= 4 is 42.8 Å². The highest BCUT2D eigenvalue weighted by molar-refractivity contribution is 9.11. The van der Waals surface area contributed by atoms with Crippen LogP contribution in [-0.2, 0) is 0 Å². The van der Waals surface area contributed by atoms with E-state index in [0.29, 0.717) is 0 Å². The minimum atomic E-state index is 0.913. The number of benzene rings is 1. The normalized spacial score (nSPS) is 10.9. The summed E-state index contributed by atoms with van der Waals surface area (Å²) in [5.41, 5.74) is 2.07. The average Bonchev–Trinajstić information content (AvgIpc) is 2.33. The van der Waals surface area contributed by atoms with Crippen LogP contribution < -0.4 is 0 Å². The molecule has 0 radical (unpaired) electrons. The van der Waals surface area contributed by atoms with Gasteiger partial charge in [-0.3, -0.25) is 0 Å². The van der Waals surface area contributed by atoms with Crippen molar-refractivity contribution < 1.29 is 4.42 Å². The summed E-state index contributed by atoms with van der Waals surface area (Å²) in [5.74, 6) is 0. The van der Waals surface area contributed by atoms with Crippen LogP contribution >= 0.6 is 31.9 Å². The van der Waals surface area contributed by atoms with Crippen molar-refractivity contribution in [3.05, 3.63) is 32.9 Å². The molecular weight excluding hydrogens is 284 g/mol. The van der Waals surface area contributed by atoms with Gasteiger partial charge in [-0.25, -0.2) is 0 Å². The number of furan rings is 1. The molecule has 0 atom stereocenters. The molecule has 0 aliphatic rings. The lowest BCUT2D eigenvalue weighted by Crippen LogP contribution is -1.71. The maximum absolute atomic E-state index is 5.37. The summed E-state index contributed by atoms with van der Waals surface area (Å²) in [6.07, 6.45) is 1.77. The number of fused-ring (bicyclic) bond motifs is 1. The number of rotatable bonds is 0. The quantitative estimate of drug-likeness (QED) is 0.706. The zero-order chi connectivity index (χ0) is 8.72. The Balaban J connectivity index is 2.92. The maximum atomic E-state index is 5.37. The number of hydrogen-bond donors (Lipinski definition) is 0. The van der Waals surface area contributed by atoms with Gasteiger partial charge in [0.05, 0.1) is 10.7 Å². The Morgan fingerprint density at radius 3 is 2.75 bits per heavy atom. The second-order valence-corrected chi connectivity index (χ2v) is 4.45. The first-order chi connectivity index (χ1) is 5.68. The molecule has 0 spiro atoms. The fourth-order valence-corrected chi connectivity index (χ4v) is 2.50. The average molecular weight is 290 g/mol. The van der Waals surface area contributed by atoms with Gasteiger partial charge >= 0.3 is 0 Å². The molecule has 1 aromatic carbocycles. The van der Waals surface area contributed by atoms with Gasteiger partial charge in [-0.1, -0.05) is 15.9 Å². The van der Waals surface area contributed by atoms with E-state index in [-0.39, 0.29) is 0 Å². The highest BCUT2D eigenvalue weighted by Crippen LogP contribution is 2.31. The molecule has 0 amide bonds. The largest absolute Gasteiger partial charge is 0.463 e. The molecule has 12 heavy (non-hydrogen) atoms.